The van der Waals surface area contributed by atoms with Gasteiger partial charge in [0.2, 0.25) is 5.91 Å². The molecule has 4 heteroatoms. The van der Waals surface area contributed by atoms with E-state index in [0.717, 1.165) is 38.2 Å². The number of para-hydroxylation sites is 1. The zero-order chi connectivity index (χ0) is 14.8. The van der Waals surface area contributed by atoms with Crippen LogP contribution in [-0.2, 0) is 11.2 Å². The summed E-state index contributed by atoms with van der Waals surface area (Å²) in [6, 6.07) is 9.06. The minimum Gasteiger partial charge on any atom is -0.314 e. The van der Waals surface area contributed by atoms with Gasteiger partial charge >= 0.3 is 0 Å². The number of aryl methyl sites for hydroxylation is 1. The Hall–Kier alpha value is -1.39. The fourth-order valence-corrected chi connectivity index (χ4v) is 3.44. The molecular formula is C17H25N3O. The normalized spacial score (nSPS) is 26.5. The molecule has 114 valence electrons. The molecule has 0 bridgehead atoms. The molecule has 0 spiro atoms. The molecule has 2 aliphatic rings. The number of amides is 1. The highest BCUT2D eigenvalue weighted by atomic mass is 16.2. The van der Waals surface area contributed by atoms with E-state index in [9.17, 15) is 4.79 Å². The maximum absolute atomic E-state index is 12.8. The summed E-state index contributed by atoms with van der Waals surface area (Å²) in [5, 5.41) is 3.38. The quantitative estimate of drug-likeness (QED) is 0.898. The van der Waals surface area contributed by atoms with Crippen LogP contribution in [0.2, 0.25) is 0 Å². The van der Waals surface area contributed by atoms with E-state index in [4.69, 9.17) is 0 Å². The van der Waals surface area contributed by atoms with E-state index < -0.39 is 0 Å². The average Bonchev–Trinajstić information content (AvgIpc) is 2.49. The monoisotopic (exact) mass is 287 g/mol. The van der Waals surface area contributed by atoms with Crippen LogP contribution in [0.5, 0.6) is 0 Å². The largest absolute Gasteiger partial charge is 0.314 e. The third kappa shape index (κ3) is 2.97. The van der Waals surface area contributed by atoms with Crippen LogP contribution in [0.4, 0.5) is 5.69 Å². The van der Waals surface area contributed by atoms with Gasteiger partial charge in [-0.05, 0) is 38.3 Å². The first-order chi connectivity index (χ1) is 10.2. The molecule has 21 heavy (non-hydrogen) atoms. The van der Waals surface area contributed by atoms with Gasteiger partial charge in [0.15, 0.2) is 0 Å². The Morgan fingerprint density at radius 1 is 1.29 bits per heavy atom. The van der Waals surface area contributed by atoms with Crippen LogP contribution >= 0.6 is 0 Å². The van der Waals surface area contributed by atoms with Crippen molar-refractivity contribution >= 4 is 11.6 Å². The average molecular weight is 287 g/mol. The van der Waals surface area contributed by atoms with Gasteiger partial charge in [-0.2, -0.15) is 0 Å². The Labute approximate surface area is 127 Å². The fraction of sp³-hybridized carbons (Fsp3) is 0.588. The van der Waals surface area contributed by atoms with E-state index in [1.807, 2.05) is 11.0 Å². The molecule has 0 saturated carbocycles. The van der Waals surface area contributed by atoms with E-state index in [2.05, 4.69) is 42.3 Å². The number of anilines is 1. The number of fused-ring (bicyclic) bond motifs is 1. The zero-order valence-corrected chi connectivity index (χ0v) is 13.0. The first-order valence-corrected chi connectivity index (χ1v) is 8.01. The second kappa shape index (κ2) is 6.16. The highest BCUT2D eigenvalue weighted by Crippen LogP contribution is 2.30. The van der Waals surface area contributed by atoms with Crippen LogP contribution in [-0.4, -0.2) is 49.1 Å². The lowest BCUT2D eigenvalue weighted by Crippen LogP contribution is -2.54. The molecule has 0 radical (unpaired) electrons. The standard InChI is InChI=1S/C17H25N3O/c1-13-7-8-15-5-3-4-6-16(15)20(13)17(21)12-19-10-9-18-11-14(19)2/h3-6,13-14,18H,7-12H2,1-2H3/t13?,14-/m0/s1. The molecule has 2 atom stereocenters. The number of hydrogen-bond acceptors (Lipinski definition) is 3. The number of nitrogens with zero attached hydrogens (tertiary/aromatic N) is 2. The molecule has 1 fully saturated rings. The van der Waals surface area contributed by atoms with Gasteiger partial charge in [-0.3, -0.25) is 9.69 Å². The first kappa shape index (κ1) is 14.5. The van der Waals surface area contributed by atoms with Gasteiger partial charge in [-0.25, -0.2) is 0 Å². The maximum Gasteiger partial charge on any atom is 0.241 e. The highest BCUT2D eigenvalue weighted by molar-refractivity contribution is 5.96. The molecule has 3 rings (SSSR count). The minimum atomic E-state index is 0.239. The molecule has 0 aromatic heterocycles. The predicted octanol–water partition coefficient (Wildman–Crippen LogP) is 1.65. The molecule has 1 amide bonds. The lowest BCUT2D eigenvalue weighted by molar-refractivity contribution is -0.121. The Morgan fingerprint density at radius 2 is 2.10 bits per heavy atom. The van der Waals surface area contributed by atoms with E-state index in [0.29, 0.717) is 18.6 Å². The topological polar surface area (TPSA) is 35.6 Å². The second-order valence-corrected chi connectivity index (χ2v) is 6.30. The molecule has 1 unspecified atom stereocenters. The fourth-order valence-electron chi connectivity index (χ4n) is 3.44. The van der Waals surface area contributed by atoms with Gasteiger partial charge in [0.25, 0.3) is 0 Å². The molecule has 4 nitrogen and oxygen atoms in total. The van der Waals surface area contributed by atoms with Crippen molar-refractivity contribution in [2.75, 3.05) is 31.1 Å². The summed E-state index contributed by atoms with van der Waals surface area (Å²) < 4.78 is 0. The number of carbonyl (C=O) groups is 1. The number of hydrogen-bond donors (Lipinski definition) is 1. The summed E-state index contributed by atoms with van der Waals surface area (Å²) in [5.74, 6) is 0.239. The SMILES string of the molecule is CC1CCc2ccccc2N1C(=O)CN1CCNC[C@@H]1C. The van der Waals surface area contributed by atoms with Gasteiger partial charge in [0.1, 0.15) is 0 Å². The molecule has 2 aliphatic heterocycles. The Bertz CT molecular complexity index is 517. The zero-order valence-electron chi connectivity index (χ0n) is 13.0. The maximum atomic E-state index is 12.8. The molecule has 1 N–H and O–H groups in total. The van der Waals surface area contributed by atoms with Gasteiger partial charge in [-0.15, -0.1) is 0 Å². The van der Waals surface area contributed by atoms with Crippen molar-refractivity contribution in [3.8, 4) is 0 Å². The van der Waals surface area contributed by atoms with Crippen LogP contribution < -0.4 is 10.2 Å². The third-order valence-electron chi connectivity index (χ3n) is 4.77. The van der Waals surface area contributed by atoms with Crippen molar-refractivity contribution in [1.82, 2.24) is 10.2 Å². The molecular weight excluding hydrogens is 262 g/mol. The predicted molar refractivity (Wildman–Crippen MR) is 85.6 cm³/mol. The first-order valence-electron chi connectivity index (χ1n) is 8.01. The minimum absolute atomic E-state index is 0.239. The van der Waals surface area contributed by atoms with Crippen molar-refractivity contribution in [2.24, 2.45) is 0 Å². The molecule has 0 aliphatic carbocycles. The van der Waals surface area contributed by atoms with Crippen LogP contribution in [0.15, 0.2) is 24.3 Å². The van der Waals surface area contributed by atoms with Crippen LogP contribution in [0.25, 0.3) is 0 Å². The number of nitrogens with one attached hydrogen (secondary N) is 1. The Balaban J connectivity index is 1.77. The van der Waals surface area contributed by atoms with Gasteiger partial charge in [0.05, 0.1) is 6.54 Å². The highest BCUT2D eigenvalue weighted by Gasteiger charge is 2.30. The lowest BCUT2D eigenvalue weighted by Gasteiger charge is -2.39. The van der Waals surface area contributed by atoms with Crippen LogP contribution in [0, 0.1) is 0 Å². The Kier molecular flexibility index (Phi) is 4.27. The van der Waals surface area contributed by atoms with Crippen LogP contribution in [0.3, 0.4) is 0 Å². The second-order valence-electron chi connectivity index (χ2n) is 6.30. The number of benzene rings is 1. The van der Waals surface area contributed by atoms with Gasteiger partial charge in [0, 0.05) is 37.4 Å². The van der Waals surface area contributed by atoms with E-state index in [1.165, 1.54) is 5.56 Å². The van der Waals surface area contributed by atoms with Crippen molar-refractivity contribution in [2.45, 2.75) is 38.8 Å². The Morgan fingerprint density at radius 3 is 2.90 bits per heavy atom. The summed E-state index contributed by atoms with van der Waals surface area (Å²) in [4.78, 5) is 17.2. The molecule has 1 saturated heterocycles. The van der Waals surface area contributed by atoms with Gasteiger partial charge < -0.3 is 10.2 Å². The summed E-state index contributed by atoms with van der Waals surface area (Å²) in [6.45, 7) is 7.78. The molecule has 1 aromatic rings. The van der Waals surface area contributed by atoms with E-state index in [-0.39, 0.29) is 5.91 Å². The van der Waals surface area contributed by atoms with E-state index >= 15 is 0 Å². The third-order valence-corrected chi connectivity index (χ3v) is 4.77. The van der Waals surface area contributed by atoms with E-state index in [1.54, 1.807) is 0 Å². The summed E-state index contributed by atoms with van der Waals surface area (Å²) in [5.41, 5.74) is 2.42. The summed E-state index contributed by atoms with van der Waals surface area (Å²) in [6.07, 6.45) is 2.13. The molecule has 2 heterocycles. The number of rotatable bonds is 2. The van der Waals surface area contributed by atoms with Crippen LogP contribution in [0.1, 0.15) is 25.8 Å². The number of carbonyl (C=O) groups excluding carboxylic acids is 1. The van der Waals surface area contributed by atoms with Crippen molar-refractivity contribution in [3.63, 3.8) is 0 Å². The summed E-state index contributed by atoms with van der Waals surface area (Å²) >= 11 is 0. The van der Waals surface area contributed by atoms with Gasteiger partial charge in [-0.1, -0.05) is 18.2 Å². The lowest BCUT2D eigenvalue weighted by atomic mass is 9.96. The van der Waals surface area contributed by atoms with Crippen molar-refractivity contribution in [1.29, 1.82) is 0 Å². The van der Waals surface area contributed by atoms with Crippen molar-refractivity contribution in [3.05, 3.63) is 29.8 Å². The number of piperazine rings is 1. The van der Waals surface area contributed by atoms with Crippen molar-refractivity contribution < 1.29 is 4.79 Å². The molecule has 1 aromatic carbocycles. The smallest absolute Gasteiger partial charge is 0.241 e. The summed E-state index contributed by atoms with van der Waals surface area (Å²) in [7, 11) is 0.